The predicted octanol–water partition coefficient (Wildman–Crippen LogP) is 2.05. The van der Waals surface area contributed by atoms with Crippen LogP contribution in [0.4, 0.5) is 0 Å². The third-order valence-corrected chi connectivity index (χ3v) is 5.37. The minimum Gasteiger partial charge on any atom is -0.459 e. The molecule has 1 saturated heterocycles. The maximum absolute atomic E-state index is 13.1. The Labute approximate surface area is 170 Å². The summed E-state index contributed by atoms with van der Waals surface area (Å²) in [5.41, 5.74) is 0.343. The predicted molar refractivity (Wildman–Crippen MR) is 108 cm³/mol. The molecule has 0 radical (unpaired) electrons. The van der Waals surface area contributed by atoms with Gasteiger partial charge in [-0.05, 0) is 38.5 Å². The number of piperazine rings is 1. The number of benzene rings is 1. The molecule has 7 heteroatoms. The van der Waals surface area contributed by atoms with E-state index in [9.17, 15) is 14.4 Å². The van der Waals surface area contributed by atoms with Gasteiger partial charge in [0.05, 0.1) is 11.7 Å². The Morgan fingerprint density at radius 2 is 1.59 bits per heavy atom. The summed E-state index contributed by atoms with van der Waals surface area (Å²) < 4.78 is 5.05. The lowest BCUT2D eigenvalue weighted by Gasteiger charge is -2.39. The van der Waals surface area contributed by atoms with Crippen molar-refractivity contribution in [3.05, 3.63) is 60.1 Å². The molecule has 3 amide bonds. The number of rotatable bonds is 5. The van der Waals surface area contributed by atoms with Crippen molar-refractivity contribution in [1.29, 1.82) is 0 Å². The monoisotopic (exact) mass is 397 g/mol. The van der Waals surface area contributed by atoms with Gasteiger partial charge in [0, 0.05) is 26.2 Å². The van der Waals surface area contributed by atoms with Gasteiger partial charge < -0.3 is 19.5 Å². The minimum atomic E-state index is -0.671. The van der Waals surface area contributed by atoms with Crippen LogP contribution in [-0.2, 0) is 15.0 Å². The minimum absolute atomic E-state index is 0.0509. The average Bonchev–Trinajstić information content (AvgIpc) is 3.28. The first-order valence-electron chi connectivity index (χ1n) is 9.79. The lowest BCUT2D eigenvalue weighted by molar-refractivity contribution is -0.143. The summed E-state index contributed by atoms with van der Waals surface area (Å²) in [6, 6.07) is 12.2. The Hall–Kier alpha value is -3.09. The van der Waals surface area contributed by atoms with Crippen LogP contribution in [0, 0.1) is 0 Å². The highest BCUT2D eigenvalue weighted by Crippen LogP contribution is 2.26. The van der Waals surface area contributed by atoms with Crippen molar-refractivity contribution in [2.24, 2.45) is 0 Å². The van der Waals surface area contributed by atoms with Gasteiger partial charge in [-0.15, -0.1) is 0 Å². The first-order valence-corrected chi connectivity index (χ1v) is 9.79. The Balaban J connectivity index is 1.55. The van der Waals surface area contributed by atoms with Crippen molar-refractivity contribution in [2.45, 2.75) is 32.2 Å². The van der Waals surface area contributed by atoms with Crippen LogP contribution in [0.1, 0.15) is 36.9 Å². The zero-order valence-corrected chi connectivity index (χ0v) is 17.1. The largest absolute Gasteiger partial charge is 0.459 e. The molecule has 2 heterocycles. The first-order chi connectivity index (χ1) is 13.8. The molecule has 0 spiro atoms. The molecule has 29 heavy (non-hydrogen) atoms. The van der Waals surface area contributed by atoms with E-state index in [0.717, 1.165) is 5.56 Å². The topological polar surface area (TPSA) is 82.9 Å². The molecule has 7 nitrogen and oxygen atoms in total. The summed E-state index contributed by atoms with van der Waals surface area (Å²) in [5.74, 6) is -0.369. The lowest BCUT2D eigenvalue weighted by Crippen LogP contribution is -2.57. The van der Waals surface area contributed by atoms with E-state index in [1.165, 1.54) is 6.26 Å². The zero-order chi connectivity index (χ0) is 21.0. The van der Waals surface area contributed by atoms with Crippen LogP contribution in [0.5, 0.6) is 0 Å². The quantitative estimate of drug-likeness (QED) is 0.837. The van der Waals surface area contributed by atoms with Crippen LogP contribution < -0.4 is 5.32 Å². The van der Waals surface area contributed by atoms with Crippen molar-refractivity contribution >= 4 is 17.7 Å². The molecular weight excluding hydrogens is 370 g/mol. The van der Waals surface area contributed by atoms with Gasteiger partial charge in [0.2, 0.25) is 11.8 Å². The molecule has 3 rings (SSSR count). The Morgan fingerprint density at radius 3 is 2.17 bits per heavy atom. The number of furan rings is 1. The third-order valence-electron chi connectivity index (χ3n) is 5.37. The zero-order valence-electron chi connectivity index (χ0n) is 17.1. The third kappa shape index (κ3) is 4.50. The fourth-order valence-electron chi connectivity index (χ4n) is 3.51. The van der Waals surface area contributed by atoms with Crippen molar-refractivity contribution in [3.63, 3.8) is 0 Å². The second-order valence-corrected chi connectivity index (χ2v) is 7.78. The van der Waals surface area contributed by atoms with E-state index in [-0.39, 0.29) is 17.6 Å². The molecular formula is C22H27N3O4. The second-order valence-electron chi connectivity index (χ2n) is 7.78. The summed E-state index contributed by atoms with van der Waals surface area (Å²) in [7, 11) is 0. The van der Waals surface area contributed by atoms with Crippen LogP contribution >= 0.6 is 0 Å². The van der Waals surface area contributed by atoms with Crippen molar-refractivity contribution in [1.82, 2.24) is 15.1 Å². The normalized spacial score (nSPS) is 15.7. The lowest BCUT2D eigenvalue weighted by atomic mass is 9.83. The van der Waals surface area contributed by atoms with Crippen molar-refractivity contribution in [2.75, 3.05) is 26.2 Å². The molecule has 1 aliphatic rings. The van der Waals surface area contributed by atoms with Gasteiger partial charge in [-0.1, -0.05) is 30.3 Å². The molecule has 2 aromatic rings. The van der Waals surface area contributed by atoms with Gasteiger partial charge in [0.15, 0.2) is 5.76 Å². The Morgan fingerprint density at radius 1 is 0.966 bits per heavy atom. The van der Waals surface area contributed by atoms with Crippen LogP contribution in [-0.4, -0.2) is 59.7 Å². The highest BCUT2D eigenvalue weighted by molar-refractivity contribution is 5.95. The molecule has 154 valence electrons. The Kier molecular flexibility index (Phi) is 6.06. The SMILES string of the molecule is CC(NC(=O)c1ccco1)C(=O)N1CCN(C(=O)C(C)(C)c2ccccc2)CC1. The van der Waals surface area contributed by atoms with E-state index >= 15 is 0 Å². The summed E-state index contributed by atoms with van der Waals surface area (Å²) >= 11 is 0. The van der Waals surface area contributed by atoms with E-state index in [1.54, 1.807) is 24.0 Å². The summed E-state index contributed by atoms with van der Waals surface area (Å²) in [6.45, 7) is 7.33. The number of carbonyl (C=O) groups excluding carboxylic acids is 3. The fourth-order valence-corrected chi connectivity index (χ4v) is 3.51. The number of nitrogens with one attached hydrogen (secondary N) is 1. The molecule has 1 fully saturated rings. The van der Waals surface area contributed by atoms with Gasteiger partial charge >= 0.3 is 0 Å². The molecule has 0 bridgehead atoms. The van der Waals surface area contributed by atoms with Crippen molar-refractivity contribution < 1.29 is 18.8 Å². The average molecular weight is 397 g/mol. The molecule has 1 aromatic heterocycles. The van der Waals surface area contributed by atoms with E-state index in [4.69, 9.17) is 4.42 Å². The van der Waals surface area contributed by atoms with Crippen LogP contribution in [0.15, 0.2) is 53.1 Å². The summed E-state index contributed by atoms with van der Waals surface area (Å²) in [4.78, 5) is 41.3. The highest BCUT2D eigenvalue weighted by atomic mass is 16.3. The highest BCUT2D eigenvalue weighted by Gasteiger charge is 2.36. The van der Waals surface area contributed by atoms with Crippen molar-refractivity contribution in [3.8, 4) is 0 Å². The van der Waals surface area contributed by atoms with Crippen LogP contribution in [0.3, 0.4) is 0 Å². The van der Waals surface area contributed by atoms with Gasteiger partial charge in [-0.2, -0.15) is 0 Å². The number of carbonyl (C=O) groups is 3. The number of amides is 3. The maximum atomic E-state index is 13.1. The summed E-state index contributed by atoms with van der Waals surface area (Å²) in [5, 5.41) is 2.65. The molecule has 1 unspecified atom stereocenters. The van der Waals surface area contributed by atoms with E-state index in [1.807, 2.05) is 49.1 Å². The van der Waals surface area contributed by atoms with Crippen LogP contribution in [0.2, 0.25) is 0 Å². The van der Waals surface area contributed by atoms with Gasteiger partial charge in [-0.25, -0.2) is 0 Å². The molecule has 0 saturated carbocycles. The van der Waals surface area contributed by atoms with Gasteiger partial charge in [0.1, 0.15) is 6.04 Å². The standard InChI is InChI=1S/C22H27N3O4/c1-16(23-19(26)18-10-7-15-29-18)20(27)24-11-13-25(14-12-24)21(28)22(2,3)17-8-5-4-6-9-17/h4-10,15-16H,11-14H2,1-3H3,(H,23,26). The molecule has 1 atom stereocenters. The summed E-state index contributed by atoms with van der Waals surface area (Å²) in [6.07, 6.45) is 1.41. The molecule has 1 aromatic carbocycles. The smallest absolute Gasteiger partial charge is 0.287 e. The van der Waals surface area contributed by atoms with E-state index in [2.05, 4.69) is 5.32 Å². The first kappa shape index (κ1) is 20.6. The Bertz CT molecular complexity index is 853. The fraction of sp³-hybridized carbons (Fsp3) is 0.409. The maximum Gasteiger partial charge on any atom is 0.287 e. The van der Waals surface area contributed by atoms with Crippen LogP contribution in [0.25, 0.3) is 0 Å². The molecule has 0 aliphatic carbocycles. The number of hydrogen-bond acceptors (Lipinski definition) is 4. The number of nitrogens with zero attached hydrogens (tertiary/aromatic N) is 2. The second kappa shape index (κ2) is 8.51. The molecule has 1 aliphatic heterocycles. The number of hydrogen-bond donors (Lipinski definition) is 1. The molecule has 1 N–H and O–H groups in total. The van der Waals surface area contributed by atoms with Gasteiger partial charge in [-0.3, -0.25) is 14.4 Å². The van der Waals surface area contributed by atoms with E-state index in [0.29, 0.717) is 26.2 Å². The van der Waals surface area contributed by atoms with Gasteiger partial charge in [0.25, 0.3) is 5.91 Å². The van der Waals surface area contributed by atoms with E-state index < -0.39 is 17.4 Å².